The topological polar surface area (TPSA) is 38.1 Å². The summed E-state index contributed by atoms with van der Waals surface area (Å²) in [7, 11) is 0. The van der Waals surface area contributed by atoms with E-state index in [0.717, 1.165) is 22.5 Å². The van der Waals surface area contributed by atoms with Crippen molar-refractivity contribution in [2.75, 3.05) is 6.54 Å². The molecule has 0 aliphatic carbocycles. The lowest BCUT2D eigenvalue weighted by molar-refractivity contribution is 0.445. The summed E-state index contributed by atoms with van der Waals surface area (Å²) in [5.41, 5.74) is 2.17. The molecular weight excluding hydrogens is 280 g/mol. The maximum absolute atomic E-state index is 5.52. The smallest absolute Gasteiger partial charge is 0.140 e. The number of nitrogens with zero attached hydrogens (tertiary/aromatic N) is 1. The van der Waals surface area contributed by atoms with E-state index in [1.165, 1.54) is 5.56 Å². The number of pyridine rings is 1. The van der Waals surface area contributed by atoms with E-state index in [-0.39, 0.29) is 6.04 Å². The normalized spacial score (nSPS) is 12.6. The molecule has 1 N–H and O–H groups in total. The van der Waals surface area contributed by atoms with Crippen molar-refractivity contribution in [1.29, 1.82) is 0 Å². The van der Waals surface area contributed by atoms with Crippen LogP contribution in [0.5, 0.6) is 0 Å². The van der Waals surface area contributed by atoms with Gasteiger partial charge in [0.25, 0.3) is 0 Å². The second kappa shape index (κ2) is 5.47. The molecule has 2 aromatic rings. The molecule has 1 atom stereocenters. The largest absolute Gasteiger partial charge is 0.466 e. The molecule has 0 bridgehead atoms. The highest BCUT2D eigenvalue weighted by Crippen LogP contribution is 2.28. The van der Waals surface area contributed by atoms with Crippen molar-refractivity contribution in [1.82, 2.24) is 10.3 Å². The lowest BCUT2D eigenvalue weighted by atomic mass is 10.1. The van der Waals surface area contributed by atoms with Crippen LogP contribution in [-0.2, 0) is 0 Å². The minimum Gasteiger partial charge on any atom is -0.466 e. The van der Waals surface area contributed by atoms with Gasteiger partial charge in [0.1, 0.15) is 11.8 Å². The molecule has 3 nitrogen and oxygen atoms in total. The molecule has 0 saturated heterocycles. The number of hydrogen-bond donors (Lipinski definition) is 1. The van der Waals surface area contributed by atoms with E-state index in [2.05, 4.69) is 46.1 Å². The predicted octanol–water partition coefficient (Wildman–Crippen LogP) is 3.44. The maximum atomic E-state index is 5.52. The second-order valence-electron chi connectivity index (χ2n) is 3.88. The minimum absolute atomic E-state index is 0.00993. The second-order valence-corrected chi connectivity index (χ2v) is 4.74. The van der Waals surface area contributed by atoms with E-state index in [9.17, 15) is 0 Å². The molecule has 90 valence electrons. The van der Waals surface area contributed by atoms with Gasteiger partial charge in [0.2, 0.25) is 0 Å². The molecule has 0 fully saturated rings. The van der Waals surface area contributed by atoms with Crippen LogP contribution in [0.15, 0.2) is 39.5 Å². The third-order valence-corrected chi connectivity index (χ3v) is 3.20. The van der Waals surface area contributed by atoms with Crippen LogP contribution in [0.3, 0.4) is 0 Å². The number of halogens is 1. The average molecular weight is 295 g/mol. The Labute approximate surface area is 109 Å². The van der Waals surface area contributed by atoms with Crippen molar-refractivity contribution in [2.24, 2.45) is 0 Å². The van der Waals surface area contributed by atoms with Gasteiger partial charge in [-0.3, -0.25) is 4.98 Å². The first-order valence-corrected chi connectivity index (χ1v) is 6.40. The van der Waals surface area contributed by atoms with Gasteiger partial charge in [0.15, 0.2) is 0 Å². The molecule has 2 aromatic heterocycles. The molecule has 0 saturated carbocycles. The Morgan fingerprint density at radius 1 is 1.47 bits per heavy atom. The fraction of sp³-hybridized carbons (Fsp3) is 0.308. The Balaban J connectivity index is 2.39. The number of furan rings is 1. The number of nitrogens with one attached hydrogen (secondary N) is 1. The number of aromatic nitrogens is 1. The molecule has 1 unspecified atom stereocenters. The SMILES string of the molecule is CCNC(c1cc(C)ccn1)c1occc1Br. The van der Waals surface area contributed by atoms with Gasteiger partial charge in [-0.2, -0.15) is 0 Å². The first-order chi connectivity index (χ1) is 8.22. The molecule has 0 spiro atoms. The fourth-order valence-corrected chi connectivity index (χ4v) is 2.19. The van der Waals surface area contributed by atoms with Crippen LogP contribution in [0.4, 0.5) is 0 Å². The Kier molecular flexibility index (Phi) is 3.97. The van der Waals surface area contributed by atoms with Gasteiger partial charge in [-0.25, -0.2) is 0 Å². The number of hydrogen-bond acceptors (Lipinski definition) is 3. The summed E-state index contributed by atoms with van der Waals surface area (Å²) >= 11 is 3.49. The van der Waals surface area contributed by atoms with Gasteiger partial charge in [-0.1, -0.05) is 6.92 Å². The first kappa shape index (κ1) is 12.3. The summed E-state index contributed by atoms with van der Waals surface area (Å²) in [6, 6.07) is 5.95. The lowest BCUT2D eigenvalue weighted by Crippen LogP contribution is -2.22. The molecular formula is C13H15BrN2O. The van der Waals surface area contributed by atoms with Gasteiger partial charge in [-0.15, -0.1) is 0 Å². The molecule has 2 heterocycles. The van der Waals surface area contributed by atoms with Crippen LogP contribution < -0.4 is 5.32 Å². The average Bonchev–Trinajstić information content (AvgIpc) is 2.72. The maximum Gasteiger partial charge on any atom is 0.140 e. The monoisotopic (exact) mass is 294 g/mol. The van der Waals surface area contributed by atoms with E-state index < -0.39 is 0 Å². The van der Waals surface area contributed by atoms with Crippen molar-refractivity contribution in [3.05, 3.63) is 52.1 Å². The standard InChI is InChI=1S/C13H15BrN2O/c1-3-15-12(13-10(14)5-7-17-13)11-8-9(2)4-6-16-11/h4-8,12,15H,3H2,1-2H3. The molecule has 17 heavy (non-hydrogen) atoms. The molecule has 4 heteroatoms. The molecule has 0 aromatic carbocycles. The summed E-state index contributed by atoms with van der Waals surface area (Å²) in [4.78, 5) is 4.41. The van der Waals surface area contributed by atoms with E-state index in [4.69, 9.17) is 4.42 Å². The van der Waals surface area contributed by atoms with Gasteiger partial charge >= 0.3 is 0 Å². The first-order valence-electron chi connectivity index (χ1n) is 5.61. The summed E-state index contributed by atoms with van der Waals surface area (Å²) in [6.07, 6.45) is 3.51. The van der Waals surface area contributed by atoms with Crippen molar-refractivity contribution in [2.45, 2.75) is 19.9 Å². The quantitative estimate of drug-likeness (QED) is 0.939. The third-order valence-electron chi connectivity index (χ3n) is 2.55. The van der Waals surface area contributed by atoms with Crippen molar-refractivity contribution >= 4 is 15.9 Å². The predicted molar refractivity (Wildman–Crippen MR) is 70.9 cm³/mol. The lowest BCUT2D eigenvalue weighted by Gasteiger charge is -2.16. The van der Waals surface area contributed by atoms with Crippen molar-refractivity contribution < 1.29 is 4.42 Å². The van der Waals surface area contributed by atoms with Crippen LogP contribution in [0.2, 0.25) is 0 Å². The van der Waals surface area contributed by atoms with Crippen molar-refractivity contribution in [3.8, 4) is 0 Å². The van der Waals surface area contributed by atoms with Crippen LogP contribution in [0.1, 0.15) is 30.0 Å². The Hall–Kier alpha value is -1.13. The summed E-state index contributed by atoms with van der Waals surface area (Å²) in [5, 5.41) is 3.38. The van der Waals surface area contributed by atoms with Gasteiger partial charge < -0.3 is 9.73 Å². The highest BCUT2D eigenvalue weighted by molar-refractivity contribution is 9.10. The summed E-state index contributed by atoms with van der Waals surface area (Å²) < 4.78 is 6.49. The van der Waals surface area contributed by atoms with E-state index in [1.807, 2.05) is 18.3 Å². The summed E-state index contributed by atoms with van der Waals surface area (Å²) in [5.74, 6) is 0.866. The zero-order chi connectivity index (χ0) is 12.3. The van der Waals surface area contributed by atoms with Crippen LogP contribution in [0.25, 0.3) is 0 Å². The molecule has 0 aliphatic heterocycles. The van der Waals surface area contributed by atoms with Gasteiger partial charge in [0.05, 0.1) is 16.4 Å². The molecule has 0 radical (unpaired) electrons. The summed E-state index contributed by atoms with van der Waals surface area (Å²) in [6.45, 7) is 4.98. The molecule has 0 aliphatic rings. The van der Waals surface area contributed by atoms with Gasteiger partial charge in [0, 0.05) is 6.20 Å². The highest BCUT2D eigenvalue weighted by Gasteiger charge is 2.20. The number of aryl methyl sites for hydroxylation is 1. The van der Waals surface area contributed by atoms with E-state index in [1.54, 1.807) is 6.26 Å². The molecule has 0 amide bonds. The van der Waals surface area contributed by atoms with Crippen LogP contribution in [0, 0.1) is 6.92 Å². The van der Waals surface area contributed by atoms with Crippen molar-refractivity contribution in [3.63, 3.8) is 0 Å². The fourth-order valence-electron chi connectivity index (χ4n) is 1.76. The van der Waals surface area contributed by atoms with E-state index in [0.29, 0.717) is 0 Å². The zero-order valence-corrected chi connectivity index (χ0v) is 11.5. The highest BCUT2D eigenvalue weighted by atomic mass is 79.9. The minimum atomic E-state index is -0.00993. The molecule has 2 rings (SSSR count). The Bertz CT molecular complexity index is 496. The zero-order valence-electron chi connectivity index (χ0n) is 9.90. The van der Waals surface area contributed by atoms with Gasteiger partial charge in [-0.05, 0) is 53.2 Å². The third kappa shape index (κ3) is 2.76. The Morgan fingerprint density at radius 3 is 2.88 bits per heavy atom. The Morgan fingerprint density at radius 2 is 2.29 bits per heavy atom. The number of rotatable bonds is 4. The van der Waals surface area contributed by atoms with Crippen LogP contribution in [-0.4, -0.2) is 11.5 Å². The van der Waals surface area contributed by atoms with Crippen LogP contribution >= 0.6 is 15.9 Å². The van der Waals surface area contributed by atoms with E-state index >= 15 is 0 Å².